The summed E-state index contributed by atoms with van der Waals surface area (Å²) in [4.78, 5) is 11.5. The third kappa shape index (κ3) is 8.18. The molecule has 0 aliphatic heterocycles. The van der Waals surface area contributed by atoms with Gasteiger partial charge in [-0.3, -0.25) is 4.79 Å². The minimum atomic E-state index is -0.612. The fourth-order valence-corrected chi connectivity index (χ4v) is 1.98. The molecule has 2 N–H and O–H groups in total. The van der Waals surface area contributed by atoms with Crippen LogP contribution in [0.3, 0.4) is 0 Å². The van der Waals surface area contributed by atoms with E-state index in [2.05, 4.69) is 0 Å². The van der Waals surface area contributed by atoms with Crippen molar-refractivity contribution in [3.8, 4) is 0 Å². The normalized spacial score (nSPS) is 11.7. The molecule has 1 rings (SSSR count). The quantitative estimate of drug-likeness (QED) is 0.549. The first-order valence-electron chi connectivity index (χ1n) is 5.74. The molecule has 1 atom stereocenters. The lowest BCUT2D eigenvalue weighted by Crippen LogP contribution is -2.34. The molecule has 1 unspecified atom stereocenters. The van der Waals surface area contributed by atoms with E-state index in [0.29, 0.717) is 26.2 Å². The van der Waals surface area contributed by atoms with Gasteiger partial charge < -0.3 is 19.9 Å². The molecule has 0 fully saturated rings. The van der Waals surface area contributed by atoms with E-state index in [0.717, 1.165) is 5.56 Å². The lowest BCUT2D eigenvalue weighted by atomic mass is 10.1. The highest BCUT2D eigenvalue weighted by molar-refractivity contribution is 7.07. The predicted octanol–water partition coefficient (Wildman–Crippen LogP) is 1.25. The molecular formula is C12H20ClNO4S. The van der Waals surface area contributed by atoms with Crippen LogP contribution in [0, 0.1) is 0 Å². The zero-order chi connectivity index (χ0) is 13.2. The molecule has 0 saturated carbocycles. The van der Waals surface area contributed by atoms with Gasteiger partial charge in [0.25, 0.3) is 0 Å². The second-order valence-corrected chi connectivity index (χ2v) is 4.49. The summed E-state index contributed by atoms with van der Waals surface area (Å²) in [5.41, 5.74) is 6.80. The molecule has 0 radical (unpaired) electrons. The number of methoxy groups -OCH3 is 1. The Morgan fingerprint density at radius 1 is 1.37 bits per heavy atom. The van der Waals surface area contributed by atoms with Gasteiger partial charge in [0.05, 0.1) is 19.8 Å². The van der Waals surface area contributed by atoms with E-state index in [-0.39, 0.29) is 19.0 Å². The molecule has 0 aliphatic carbocycles. The maximum Gasteiger partial charge on any atom is 0.323 e. The monoisotopic (exact) mass is 309 g/mol. The van der Waals surface area contributed by atoms with E-state index in [9.17, 15) is 4.79 Å². The lowest BCUT2D eigenvalue weighted by Gasteiger charge is -2.10. The molecule has 0 amide bonds. The average Bonchev–Trinajstić information content (AvgIpc) is 2.86. The Bertz CT molecular complexity index is 334. The zero-order valence-electron chi connectivity index (χ0n) is 10.9. The van der Waals surface area contributed by atoms with Crippen molar-refractivity contribution in [1.82, 2.24) is 0 Å². The van der Waals surface area contributed by atoms with Gasteiger partial charge in [-0.25, -0.2) is 0 Å². The van der Waals surface area contributed by atoms with E-state index in [1.807, 2.05) is 16.8 Å². The molecule has 0 saturated heterocycles. The topological polar surface area (TPSA) is 70.8 Å². The molecule has 1 aromatic rings. The summed E-state index contributed by atoms with van der Waals surface area (Å²) in [6, 6.07) is 1.34. The lowest BCUT2D eigenvalue weighted by molar-refractivity contribution is -0.146. The molecule has 1 aromatic heterocycles. The Morgan fingerprint density at radius 2 is 2.11 bits per heavy atom. The summed E-state index contributed by atoms with van der Waals surface area (Å²) in [5, 5.41) is 3.93. The van der Waals surface area contributed by atoms with E-state index in [1.165, 1.54) is 0 Å². The Labute approximate surface area is 123 Å². The molecular weight excluding hydrogens is 290 g/mol. The summed E-state index contributed by atoms with van der Waals surface area (Å²) >= 11 is 1.58. The summed E-state index contributed by atoms with van der Waals surface area (Å²) in [5.74, 6) is -0.392. The van der Waals surface area contributed by atoms with Crippen LogP contribution in [-0.2, 0) is 25.4 Å². The Morgan fingerprint density at radius 3 is 2.74 bits per heavy atom. The smallest absolute Gasteiger partial charge is 0.323 e. The van der Waals surface area contributed by atoms with Crippen molar-refractivity contribution in [3.05, 3.63) is 22.4 Å². The van der Waals surface area contributed by atoms with Gasteiger partial charge in [0, 0.05) is 7.11 Å². The summed E-state index contributed by atoms with van der Waals surface area (Å²) < 4.78 is 15.0. The summed E-state index contributed by atoms with van der Waals surface area (Å²) in [6.45, 7) is 1.61. The number of hydrogen-bond donors (Lipinski definition) is 1. The van der Waals surface area contributed by atoms with Gasteiger partial charge in [0.1, 0.15) is 12.6 Å². The van der Waals surface area contributed by atoms with Crippen LogP contribution >= 0.6 is 23.7 Å². The maximum absolute atomic E-state index is 11.5. The van der Waals surface area contributed by atoms with Gasteiger partial charge in [-0.15, -0.1) is 12.4 Å². The number of carbonyl (C=O) groups is 1. The van der Waals surface area contributed by atoms with Crippen LogP contribution < -0.4 is 5.73 Å². The van der Waals surface area contributed by atoms with E-state index < -0.39 is 12.0 Å². The van der Waals surface area contributed by atoms with E-state index in [1.54, 1.807) is 18.4 Å². The number of rotatable bonds is 9. The van der Waals surface area contributed by atoms with Gasteiger partial charge in [0.15, 0.2) is 0 Å². The largest absolute Gasteiger partial charge is 0.462 e. The van der Waals surface area contributed by atoms with Gasteiger partial charge in [0.2, 0.25) is 0 Å². The molecule has 110 valence electrons. The molecule has 1 heterocycles. The Hall–Kier alpha value is -0.660. The summed E-state index contributed by atoms with van der Waals surface area (Å²) in [7, 11) is 1.60. The number of esters is 1. The van der Waals surface area contributed by atoms with Gasteiger partial charge >= 0.3 is 5.97 Å². The fraction of sp³-hybridized carbons (Fsp3) is 0.583. The molecule has 0 aromatic carbocycles. The van der Waals surface area contributed by atoms with Crippen LogP contribution in [0.5, 0.6) is 0 Å². The third-order valence-corrected chi connectivity index (χ3v) is 2.97. The SMILES string of the molecule is COCCOCCOC(=O)C(N)Cc1ccsc1.Cl. The molecule has 0 bridgehead atoms. The number of carbonyl (C=O) groups excluding carboxylic acids is 1. The van der Waals surface area contributed by atoms with Gasteiger partial charge in [-0.05, 0) is 28.8 Å². The second kappa shape index (κ2) is 11.2. The standard InChI is InChI=1S/C12H19NO4S.ClH/c1-15-3-4-16-5-6-17-12(14)11(13)8-10-2-7-18-9-10;/h2,7,9,11H,3-6,8,13H2,1H3;1H. The molecule has 5 nitrogen and oxygen atoms in total. The molecule has 0 aliphatic rings. The van der Waals surface area contributed by atoms with Crippen LogP contribution in [0.2, 0.25) is 0 Å². The fourth-order valence-electron chi connectivity index (χ4n) is 1.30. The number of hydrogen-bond acceptors (Lipinski definition) is 6. The summed E-state index contributed by atoms with van der Waals surface area (Å²) in [6.07, 6.45) is 0.507. The van der Waals surface area contributed by atoms with Gasteiger partial charge in [-0.2, -0.15) is 11.3 Å². The number of thiophene rings is 1. The molecule has 19 heavy (non-hydrogen) atoms. The number of nitrogens with two attached hydrogens (primary N) is 1. The van der Waals surface area contributed by atoms with Crippen molar-refractivity contribution in [3.63, 3.8) is 0 Å². The Kier molecular flexibility index (Phi) is 10.8. The minimum Gasteiger partial charge on any atom is -0.462 e. The van der Waals surface area contributed by atoms with Crippen molar-refractivity contribution >= 4 is 29.7 Å². The first-order valence-corrected chi connectivity index (χ1v) is 6.68. The predicted molar refractivity (Wildman–Crippen MR) is 76.9 cm³/mol. The average molecular weight is 310 g/mol. The molecule has 7 heteroatoms. The first-order chi connectivity index (χ1) is 8.74. The van der Waals surface area contributed by atoms with Crippen LogP contribution in [0.1, 0.15) is 5.56 Å². The van der Waals surface area contributed by atoms with Gasteiger partial charge in [-0.1, -0.05) is 0 Å². The highest BCUT2D eigenvalue weighted by Gasteiger charge is 2.15. The number of ether oxygens (including phenoxy) is 3. The maximum atomic E-state index is 11.5. The molecule has 0 spiro atoms. The van der Waals surface area contributed by atoms with E-state index in [4.69, 9.17) is 19.9 Å². The van der Waals surface area contributed by atoms with Crippen molar-refractivity contribution in [1.29, 1.82) is 0 Å². The number of halogens is 1. The highest BCUT2D eigenvalue weighted by Crippen LogP contribution is 2.08. The first kappa shape index (κ1) is 18.3. The van der Waals surface area contributed by atoms with Crippen molar-refractivity contribution in [2.24, 2.45) is 5.73 Å². The van der Waals surface area contributed by atoms with Crippen LogP contribution in [0.25, 0.3) is 0 Å². The minimum absolute atomic E-state index is 0. The van der Waals surface area contributed by atoms with Crippen molar-refractivity contribution in [2.45, 2.75) is 12.5 Å². The van der Waals surface area contributed by atoms with Crippen molar-refractivity contribution < 1.29 is 19.0 Å². The van der Waals surface area contributed by atoms with Crippen LogP contribution in [0.15, 0.2) is 16.8 Å². The second-order valence-electron chi connectivity index (χ2n) is 3.71. The van der Waals surface area contributed by atoms with Crippen LogP contribution in [0.4, 0.5) is 0 Å². The van der Waals surface area contributed by atoms with Crippen molar-refractivity contribution in [2.75, 3.05) is 33.5 Å². The third-order valence-electron chi connectivity index (χ3n) is 2.24. The van der Waals surface area contributed by atoms with E-state index >= 15 is 0 Å². The Balaban J connectivity index is 0.00000324. The zero-order valence-corrected chi connectivity index (χ0v) is 12.5. The highest BCUT2D eigenvalue weighted by atomic mass is 35.5. The van der Waals surface area contributed by atoms with Crippen LogP contribution in [-0.4, -0.2) is 45.5 Å².